The number of nitrogens with one attached hydrogen (secondary N) is 1. The SMILES string of the molecule is O=C(O)CCC(=O)NCC1(O)CCCC1. The van der Waals surface area contributed by atoms with Gasteiger partial charge in [0.1, 0.15) is 0 Å². The second kappa shape index (κ2) is 5.11. The van der Waals surface area contributed by atoms with Crippen LogP contribution in [0, 0.1) is 0 Å². The maximum Gasteiger partial charge on any atom is 0.303 e. The van der Waals surface area contributed by atoms with Crippen molar-refractivity contribution in [2.75, 3.05) is 6.54 Å². The summed E-state index contributed by atoms with van der Waals surface area (Å²) >= 11 is 0. The minimum atomic E-state index is -0.982. The molecule has 1 aliphatic rings. The van der Waals surface area contributed by atoms with Crippen LogP contribution >= 0.6 is 0 Å². The third-order valence-electron chi connectivity index (χ3n) is 2.71. The van der Waals surface area contributed by atoms with Crippen molar-refractivity contribution in [3.8, 4) is 0 Å². The second-order valence-corrected chi connectivity index (χ2v) is 4.10. The van der Waals surface area contributed by atoms with Crippen molar-refractivity contribution >= 4 is 11.9 Å². The summed E-state index contributed by atoms with van der Waals surface area (Å²) in [7, 11) is 0. The highest BCUT2D eigenvalue weighted by atomic mass is 16.4. The lowest BCUT2D eigenvalue weighted by Crippen LogP contribution is -2.40. The van der Waals surface area contributed by atoms with E-state index in [2.05, 4.69) is 5.32 Å². The largest absolute Gasteiger partial charge is 0.481 e. The van der Waals surface area contributed by atoms with Gasteiger partial charge in [0.15, 0.2) is 0 Å². The average molecular weight is 215 g/mol. The molecule has 1 saturated carbocycles. The molecule has 5 nitrogen and oxygen atoms in total. The highest BCUT2D eigenvalue weighted by molar-refractivity contribution is 5.80. The fourth-order valence-electron chi connectivity index (χ4n) is 1.78. The van der Waals surface area contributed by atoms with Gasteiger partial charge in [-0.3, -0.25) is 9.59 Å². The monoisotopic (exact) mass is 215 g/mol. The Morgan fingerprint density at radius 2 is 1.80 bits per heavy atom. The minimum absolute atomic E-state index is 0.0224. The van der Waals surface area contributed by atoms with Crippen molar-refractivity contribution in [1.82, 2.24) is 5.32 Å². The molecule has 0 spiro atoms. The van der Waals surface area contributed by atoms with E-state index in [4.69, 9.17) is 5.11 Å². The quantitative estimate of drug-likeness (QED) is 0.614. The number of carbonyl (C=O) groups is 2. The highest BCUT2D eigenvalue weighted by Gasteiger charge is 2.31. The first-order valence-corrected chi connectivity index (χ1v) is 5.23. The van der Waals surface area contributed by atoms with Crippen molar-refractivity contribution < 1.29 is 19.8 Å². The van der Waals surface area contributed by atoms with Crippen LogP contribution in [0.15, 0.2) is 0 Å². The predicted octanol–water partition coefficient (Wildman–Crippen LogP) is 0.272. The molecule has 3 N–H and O–H groups in total. The summed E-state index contributed by atoms with van der Waals surface area (Å²) < 4.78 is 0. The number of amides is 1. The first-order chi connectivity index (χ1) is 7.02. The number of carboxylic acids is 1. The van der Waals surface area contributed by atoms with Crippen LogP contribution in [0.1, 0.15) is 38.5 Å². The molecule has 0 aliphatic heterocycles. The summed E-state index contributed by atoms with van der Waals surface area (Å²) in [4.78, 5) is 21.4. The summed E-state index contributed by atoms with van der Waals surface area (Å²) in [6.07, 6.45) is 3.22. The van der Waals surface area contributed by atoms with Crippen molar-refractivity contribution in [1.29, 1.82) is 0 Å². The highest BCUT2D eigenvalue weighted by Crippen LogP contribution is 2.28. The molecule has 0 radical (unpaired) electrons. The van der Waals surface area contributed by atoms with Crippen LogP contribution < -0.4 is 5.32 Å². The fourth-order valence-corrected chi connectivity index (χ4v) is 1.78. The van der Waals surface area contributed by atoms with Gasteiger partial charge in [0.25, 0.3) is 0 Å². The van der Waals surface area contributed by atoms with E-state index in [1.165, 1.54) is 0 Å². The van der Waals surface area contributed by atoms with Gasteiger partial charge < -0.3 is 15.5 Å². The molecule has 0 aromatic heterocycles. The summed E-state index contributed by atoms with van der Waals surface area (Å²) in [6.45, 7) is 0.242. The van der Waals surface area contributed by atoms with Crippen LogP contribution in [0.4, 0.5) is 0 Å². The molecule has 86 valence electrons. The molecular weight excluding hydrogens is 198 g/mol. The van der Waals surface area contributed by atoms with Gasteiger partial charge in [0, 0.05) is 13.0 Å². The standard InChI is InChI=1S/C10H17NO4/c12-8(3-4-9(13)14)11-7-10(15)5-1-2-6-10/h15H,1-7H2,(H,11,12)(H,13,14). The summed E-state index contributed by atoms with van der Waals surface area (Å²) in [6, 6.07) is 0. The summed E-state index contributed by atoms with van der Waals surface area (Å²) in [5.74, 6) is -1.29. The Bertz CT molecular complexity index is 246. The molecule has 5 heteroatoms. The lowest BCUT2D eigenvalue weighted by molar-refractivity contribution is -0.138. The molecule has 0 aromatic carbocycles. The molecule has 0 atom stereocenters. The number of hydrogen-bond donors (Lipinski definition) is 3. The van der Waals surface area contributed by atoms with Crippen LogP contribution in [0.25, 0.3) is 0 Å². The molecule has 1 amide bonds. The lowest BCUT2D eigenvalue weighted by atomic mass is 10.0. The number of rotatable bonds is 5. The van der Waals surface area contributed by atoms with Gasteiger partial charge in [-0.15, -0.1) is 0 Å². The fraction of sp³-hybridized carbons (Fsp3) is 0.800. The Balaban J connectivity index is 2.18. The van der Waals surface area contributed by atoms with Crippen molar-refractivity contribution in [2.24, 2.45) is 0 Å². The molecule has 0 saturated heterocycles. The van der Waals surface area contributed by atoms with Crippen LogP contribution in [-0.4, -0.2) is 34.2 Å². The maximum absolute atomic E-state index is 11.2. The number of aliphatic hydroxyl groups is 1. The number of carboxylic acid groups (broad SMARTS) is 1. The van der Waals surface area contributed by atoms with E-state index in [-0.39, 0.29) is 25.3 Å². The lowest BCUT2D eigenvalue weighted by Gasteiger charge is -2.22. The average Bonchev–Trinajstić information content (AvgIpc) is 2.60. The van der Waals surface area contributed by atoms with Crippen LogP contribution in [0.2, 0.25) is 0 Å². The molecule has 0 bridgehead atoms. The van der Waals surface area contributed by atoms with E-state index < -0.39 is 11.6 Å². The smallest absolute Gasteiger partial charge is 0.303 e. The van der Waals surface area contributed by atoms with E-state index in [1.807, 2.05) is 0 Å². The second-order valence-electron chi connectivity index (χ2n) is 4.10. The maximum atomic E-state index is 11.2. The van der Waals surface area contributed by atoms with Gasteiger partial charge in [-0.2, -0.15) is 0 Å². The van der Waals surface area contributed by atoms with Crippen molar-refractivity contribution in [3.63, 3.8) is 0 Å². The Morgan fingerprint density at radius 1 is 1.20 bits per heavy atom. The van der Waals surface area contributed by atoms with E-state index >= 15 is 0 Å². The van der Waals surface area contributed by atoms with Gasteiger partial charge in [-0.25, -0.2) is 0 Å². The van der Waals surface area contributed by atoms with Gasteiger partial charge in [0.05, 0.1) is 12.0 Å². The van der Waals surface area contributed by atoms with Crippen LogP contribution in [-0.2, 0) is 9.59 Å². The van der Waals surface area contributed by atoms with Gasteiger partial charge in [-0.05, 0) is 12.8 Å². The molecular formula is C10H17NO4. The minimum Gasteiger partial charge on any atom is -0.481 e. The molecule has 1 aliphatic carbocycles. The van der Waals surface area contributed by atoms with Gasteiger partial charge in [0.2, 0.25) is 5.91 Å². The molecule has 0 heterocycles. The van der Waals surface area contributed by atoms with Crippen molar-refractivity contribution in [3.05, 3.63) is 0 Å². The molecule has 15 heavy (non-hydrogen) atoms. The molecule has 0 unspecified atom stereocenters. The zero-order valence-electron chi connectivity index (χ0n) is 8.66. The normalized spacial score (nSPS) is 18.7. The topological polar surface area (TPSA) is 86.6 Å². The number of aliphatic carboxylic acids is 1. The summed E-state index contributed by atoms with van der Waals surface area (Å²) in [5.41, 5.74) is -0.765. The number of hydrogen-bond acceptors (Lipinski definition) is 3. The zero-order chi connectivity index (χ0) is 11.3. The third kappa shape index (κ3) is 4.29. The third-order valence-corrected chi connectivity index (χ3v) is 2.71. The Labute approximate surface area is 88.5 Å². The van der Waals surface area contributed by atoms with Crippen LogP contribution in [0.3, 0.4) is 0 Å². The predicted molar refractivity (Wildman–Crippen MR) is 53.3 cm³/mol. The Hall–Kier alpha value is -1.10. The Kier molecular flexibility index (Phi) is 4.08. The zero-order valence-corrected chi connectivity index (χ0v) is 8.66. The molecule has 1 rings (SSSR count). The van der Waals surface area contributed by atoms with Gasteiger partial charge in [-0.1, -0.05) is 12.8 Å². The molecule has 1 fully saturated rings. The van der Waals surface area contributed by atoms with Crippen LogP contribution in [0.5, 0.6) is 0 Å². The van der Waals surface area contributed by atoms with Gasteiger partial charge >= 0.3 is 5.97 Å². The summed E-state index contributed by atoms with van der Waals surface area (Å²) in [5, 5.41) is 20.8. The first kappa shape index (κ1) is 12.0. The molecule has 0 aromatic rings. The van der Waals surface area contributed by atoms with Crippen molar-refractivity contribution in [2.45, 2.75) is 44.1 Å². The van der Waals surface area contributed by atoms with E-state index in [0.717, 1.165) is 12.8 Å². The Morgan fingerprint density at radius 3 is 2.33 bits per heavy atom. The first-order valence-electron chi connectivity index (χ1n) is 5.23. The van der Waals surface area contributed by atoms with E-state index in [9.17, 15) is 14.7 Å². The van der Waals surface area contributed by atoms with E-state index in [0.29, 0.717) is 12.8 Å². The number of carbonyl (C=O) groups excluding carboxylic acids is 1. The van der Waals surface area contributed by atoms with E-state index in [1.54, 1.807) is 0 Å².